The van der Waals surface area contributed by atoms with Gasteiger partial charge in [0.1, 0.15) is 19.3 Å². The molecular weight excluding hydrogens is 952 g/mol. The van der Waals surface area contributed by atoms with Crippen molar-refractivity contribution in [3.63, 3.8) is 0 Å². The quantitative estimate of drug-likeness (QED) is 0.0205. The summed E-state index contributed by atoms with van der Waals surface area (Å²) < 4.78 is 30.7. The molecule has 0 aliphatic rings. The molecule has 0 aromatic heterocycles. The molecule has 0 spiro atoms. The highest BCUT2D eigenvalue weighted by Gasteiger charge is 2.30. The van der Waals surface area contributed by atoms with Gasteiger partial charge >= 0.3 is 13.8 Å². The van der Waals surface area contributed by atoms with E-state index in [-0.39, 0.29) is 31.5 Å². The largest absolute Gasteiger partial charge is 0.472 e. The number of ether oxygens (including phenoxy) is 1. The van der Waals surface area contributed by atoms with Crippen LogP contribution in [0.15, 0.2) is 60.8 Å². The molecule has 0 fully saturated rings. The number of esters is 1. The summed E-state index contributed by atoms with van der Waals surface area (Å²) in [5, 5.41) is 3.05. The molecular formula is C65H122N2O7P+. The van der Waals surface area contributed by atoms with Gasteiger partial charge in [0, 0.05) is 12.8 Å². The first kappa shape index (κ1) is 72.7. The third-order valence-corrected chi connectivity index (χ3v) is 14.9. The van der Waals surface area contributed by atoms with Gasteiger partial charge in [-0.25, -0.2) is 4.57 Å². The zero-order valence-corrected chi connectivity index (χ0v) is 50.9. The zero-order chi connectivity index (χ0) is 55.0. The number of rotatable bonds is 57. The molecule has 0 bridgehead atoms. The average Bonchev–Trinajstić information content (AvgIpc) is 3.37. The lowest BCUT2D eigenvalue weighted by molar-refractivity contribution is -0.870. The molecule has 9 nitrogen and oxygen atoms in total. The predicted octanol–water partition coefficient (Wildman–Crippen LogP) is 19.4. The highest BCUT2D eigenvalue weighted by atomic mass is 31.2. The lowest BCUT2D eigenvalue weighted by atomic mass is 10.0. The van der Waals surface area contributed by atoms with Gasteiger partial charge in [0.2, 0.25) is 5.91 Å². The standard InChI is InChI=1S/C65H121N2O7P/c1-7-10-13-16-19-22-25-28-30-31-32-33-34-35-36-37-38-39-42-45-48-51-54-57-64(68)66-62(61-73-75(70,71)72-60-59-67(4,5)6)63(56-53-50-47-44-41-27-24-21-18-15-12-9-3)74-65(69)58-55-52-49-46-43-40-29-26-23-20-17-14-11-8-2/h11,14,20,23,28-30,40,53,56,62-63H,7-10,12-13,15-19,21-22,24-27,31-39,41-52,54-55,57-61H2,1-6H3,(H-,66,68,70,71)/p+1/b14-11+,23-20+,30-28+,40-29+,56-53-. The molecule has 0 aromatic carbocycles. The summed E-state index contributed by atoms with van der Waals surface area (Å²) in [5.41, 5.74) is 0. The topological polar surface area (TPSA) is 111 Å². The van der Waals surface area contributed by atoms with Gasteiger partial charge in [0.05, 0.1) is 33.8 Å². The first-order valence-electron chi connectivity index (χ1n) is 31.6. The highest BCUT2D eigenvalue weighted by molar-refractivity contribution is 7.47. The van der Waals surface area contributed by atoms with Crippen molar-refractivity contribution in [2.75, 3.05) is 40.9 Å². The summed E-state index contributed by atoms with van der Waals surface area (Å²) in [6.07, 6.45) is 69.4. The molecule has 3 atom stereocenters. The zero-order valence-electron chi connectivity index (χ0n) is 50.0. The molecule has 75 heavy (non-hydrogen) atoms. The minimum atomic E-state index is -4.45. The number of allylic oxidation sites excluding steroid dienone is 9. The number of hydrogen-bond donors (Lipinski definition) is 2. The number of quaternary nitrogens is 1. The Morgan fingerprint density at radius 3 is 1.29 bits per heavy atom. The van der Waals surface area contributed by atoms with Crippen molar-refractivity contribution in [3.05, 3.63) is 60.8 Å². The Kier molecular flexibility index (Phi) is 53.4. The summed E-state index contributed by atoms with van der Waals surface area (Å²) in [4.78, 5) is 37.7. The molecule has 438 valence electrons. The number of amides is 1. The van der Waals surface area contributed by atoms with E-state index in [9.17, 15) is 19.0 Å². The molecule has 0 radical (unpaired) electrons. The van der Waals surface area contributed by atoms with Crippen LogP contribution in [0, 0.1) is 0 Å². The second-order valence-electron chi connectivity index (χ2n) is 22.5. The Morgan fingerprint density at radius 1 is 0.480 bits per heavy atom. The average molecular weight is 1070 g/mol. The summed E-state index contributed by atoms with van der Waals surface area (Å²) >= 11 is 0. The molecule has 1 amide bonds. The van der Waals surface area contributed by atoms with E-state index in [4.69, 9.17) is 13.8 Å². The number of carbonyl (C=O) groups is 2. The number of carbonyl (C=O) groups excluding carboxylic acids is 2. The molecule has 0 saturated carbocycles. The number of nitrogens with zero attached hydrogens (tertiary/aromatic N) is 1. The molecule has 0 saturated heterocycles. The van der Waals surface area contributed by atoms with Crippen molar-refractivity contribution in [1.82, 2.24) is 5.32 Å². The van der Waals surface area contributed by atoms with Gasteiger partial charge in [-0.2, -0.15) is 0 Å². The Balaban J connectivity index is 5.16. The van der Waals surface area contributed by atoms with Crippen molar-refractivity contribution in [2.24, 2.45) is 0 Å². The maximum Gasteiger partial charge on any atom is 0.472 e. The van der Waals surface area contributed by atoms with Crippen molar-refractivity contribution in [1.29, 1.82) is 0 Å². The van der Waals surface area contributed by atoms with Gasteiger partial charge in [0.25, 0.3) is 0 Å². The van der Waals surface area contributed by atoms with E-state index in [1.54, 1.807) is 0 Å². The van der Waals surface area contributed by atoms with Gasteiger partial charge in [-0.05, 0) is 89.5 Å². The monoisotopic (exact) mass is 1070 g/mol. The Labute approximate surface area is 464 Å². The van der Waals surface area contributed by atoms with Crippen LogP contribution in [0.3, 0.4) is 0 Å². The van der Waals surface area contributed by atoms with Gasteiger partial charge in [-0.15, -0.1) is 0 Å². The van der Waals surface area contributed by atoms with Crippen LogP contribution in [-0.2, 0) is 27.9 Å². The molecule has 3 unspecified atom stereocenters. The Bertz CT molecular complexity index is 1470. The van der Waals surface area contributed by atoms with Crippen LogP contribution >= 0.6 is 7.82 Å². The van der Waals surface area contributed by atoms with E-state index < -0.39 is 20.0 Å². The van der Waals surface area contributed by atoms with E-state index in [1.165, 1.54) is 167 Å². The number of nitrogens with one attached hydrogen (secondary N) is 1. The maximum absolute atomic E-state index is 13.6. The molecule has 0 rings (SSSR count). The van der Waals surface area contributed by atoms with Gasteiger partial charge in [-0.1, -0.05) is 249 Å². The van der Waals surface area contributed by atoms with Crippen molar-refractivity contribution in [3.8, 4) is 0 Å². The highest BCUT2D eigenvalue weighted by Crippen LogP contribution is 2.43. The molecule has 0 aliphatic heterocycles. The predicted molar refractivity (Wildman–Crippen MR) is 323 cm³/mol. The lowest BCUT2D eigenvalue weighted by Crippen LogP contribution is -2.47. The second kappa shape index (κ2) is 55.0. The van der Waals surface area contributed by atoms with E-state index >= 15 is 0 Å². The second-order valence-corrected chi connectivity index (χ2v) is 24.0. The lowest BCUT2D eigenvalue weighted by Gasteiger charge is -2.27. The van der Waals surface area contributed by atoms with Crippen molar-refractivity contribution >= 4 is 19.7 Å². The first-order valence-corrected chi connectivity index (χ1v) is 33.1. The van der Waals surface area contributed by atoms with Crippen LogP contribution in [0.2, 0.25) is 0 Å². The fraction of sp³-hybridized carbons (Fsp3) is 0.815. The van der Waals surface area contributed by atoms with Crippen LogP contribution in [0.25, 0.3) is 0 Å². The smallest absolute Gasteiger partial charge is 0.456 e. The first-order chi connectivity index (χ1) is 36.4. The molecule has 10 heteroatoms. The van der Waals surface area contributed by atoms with Crippen molar-refractivity contribution in [2.45, 2.75) is 303 Å². The van der Waals surface area contributed by atoms with Crippen molar-refractivity contribution < 1.29 is 37.3 Å². The summed E-state index contributed by atoms with van der Waals surface area (Å²) in [6, 6.07) is -0.857. The van der Waals surface area contributed by atoms with Crippen LogP contribution in [0.1, 0.15) is 290 Å². The third kappa shape index (κ3) is 56.2. The van der Waals surface area contributed by atoms with Crippen LogP contribution in [0.5, 0.6) is 0 Å². The van der Waals surface area contributed by atoms with Crippen LogP contribution < -0.4 is 5.32 Å². The number of hydrogen-bond acceptors (Lipinski definition) is 6. The number of phosphoric acid groups is 1. The van der Waals surface area contributed by atoms with Crippen LogP contribution in [0.4, 0.5) is 0 Å². The Morgan fingerprint density at radius 2 is 0.853 bits per heavy atom. The maximum atomic E-state index is 13.6. The van der Waals surface area contributed by atoms with Crippen LogP contribution in [-0.4, -0.2) is 74.3 Å². The summed E-state index contributed by atoms with van der Waals surface area (Å²) in [5.74, 6) is -0.525. The van der Waals surface area contributed by atoms with Gasteiger partial charge in [0.15, 0.2) is 0 Å². The fourth-order valence-corrected chi connectivity index (χ4v) is 9.80. The van der Waals surface area contributed by atoms with E-state index in [2.05, 4.69) is 74.7 Å². The van der Waals surface area contributed by atoms with E-state index in [0.29, 0.717) is 23.9 Å². The van der Waals surface area contributed by atoms with E-state index in [1.807, 2.05) is 33.3 Å². The fourth-order valence-electron chi connectivity index (χ4n) is 9.07. The Hall–Kier alpha value is -2.29. The molecule has 0 aliphatic carbocycles. The summed E-state index contributed by atoms with van der Waals surface area (Å²) in [6.45, 7) is 6.90. The van der Waals surface area contributed by atoms with E-state index in [0.717, 1.165) is 83.5 Å². The molecule has 0 heterocycles. The van der Waals surface area contributed by atoms with Gasteiger partial charge < -0.3 is 19.4 Å². The molecule has 2 N–H and O–H groups in total. The number of likely N-dealkylation sites (N-methyl/N-ethyl adjacent to an activating group) is 1. The third-order valence-electron chi connectivity index (χ3n) is 13.9. The van der Waals surface area contributed by atoms with Gasteiger partial charge in [-0.3, -0.25) is 18.6 Å². The summed E-state index contributed by atoms with van der Waals surface area (Å²) in [7, 11) is 1.48. The number of unbranched alkanes of at least 4 members (excludes halogenated alkanes) is 33. The molecule has 0 aromatic rings. The minimum Gasteiger partial charge on any atom is -0.456 e. The minimum absolute atomic E-state index is 0.0359. The normalized spacial score (nSPS) is 14.1. The SMILES string of the molecule is CC/C=C/C/C=C/C/C=C/CCCCCCC(=O)OC(/C=C\CCCCCCCCCCCC)C(COP(=O)(O)OCC[N+](C)(C)C)NC(=O)CCCCCCCCCCCCCCC/C=C/CCCCCCCC. The number of phosphoric ester groups is 1.